The van der Waals surface area contributed by atoms with Crippen LogP contribution >= 0.6 is 0 Å². The molecule has 0 radical (unpaired) electrons. The maximum atomic E-state index is 12.6. The van der Waals surface area contributed by atoms with Gasteiger partial charge >= 0.3 is 0 Å². The molecule has 0 spiro atoms. The predicted octanol–water partition coefficient (Wildman–Crippen LogP) is 3.48. The molecule has 1 aliphatic carbocycles. The molecule has 3 aromatic rings. The second-order valence-electron chi connectivity index (χ2n) is 6.88. The molecule has 0 fully saturated rings. The number of ether oxygens (including phenoxy) is 2. The second kappa shape index (κ2) is 7.74. The fourth-order valence-electron chi connectivity index (χ4n) is 3.75. The number of H-pyrrole nitrogens is 1. The van der Waals surface area contributed by atoms with Gasteiger partial charge in [-0.25, -0.2) is 0 Å². The van der Waals surface area contributed by atoms with Crippen molar-refractivity contribution in [2.24, 2.45) is 5.92 Å². The molecule has 2 aromatic carbocycles. The first kappa shape index (κ1) is 17.5. The molecular formula is C22H24N2O3. The lowest BCUT2D eigenvalue weighted by Gasteiger charge is -2.22. The van der Waals surface area contributed by atoms with Crippen LogP contribution in [0.15, 0.2) is 48.5 Å². The number of nitrogens with one attached hydrogen (secondary N) is 2. The van der Waals surface area contributed by atoms with Crippen LogP contribution in [0.5, 0.6) is 11.5 Å². The van der Waals surface area contributed by atoms with Crippen LogP contribution in [-0.2, 0) is 17.6 Å². The lowest BCUT2D eigenvalue weighted by atomic mass is 9.86. The van der Waals surface area contributed by atoms with Gasteiger partial charge in [-0.15, -0.1) is 0 Å². The Morgan fingerprint density at radius 2 is 1.93 bits per heavy atom. The third-order valence-electron chi connectivity index (χ3n) is 5.20. The van der Waals surface area contributed by atoms with Gasteiger partial charge in [0, 0.05) is 22.5 Å². The van der Waals surface area contributed by atoms with Crippen molar-refractivity contribution in [1.29, 1.82) is 0 Å². The zero-order chi connectivity index (χ0) is 18.6. The number of hydrogen-bond donors (Lipinski definition) is 2. The van der Waals surface area contributed by atoms with Crippen LogP contribution < -0.4 is 14.8 Å². The molecule has 1 aromatic heterocycles. The lowest BCUT2D eigenvalue weighted by molar-refractivity contribution is -0.125. The van der Waals surface area contributed by atoms with Crippen molar-refractivity contribution in [1.82, 2.24) is 10.3 Å². The van der Waals surface area contributed by atoms with Gasteiger partial charge in [-0.05, 0) is 55.2 Å². The second-order valence-corrected chi connectivity index (χ2v) is 6.88. The number of carbonyl (C=O) groups is 1. The summed E-state index contributed by atoms with van der Waals surface area (Å²) in [7, 11) is 1.63. The molecule has 27 heavy (non-hydrogen) atoms. The third-order valence-corrected chi connectivity index (χ3v) is 5.20. The van der Waals surface area contributed by atoms with Gasteiger partial charge in [0.15, 0.2) is 0 Å². The summed E-state index contributed by atoms with van der Waals surface area (Å²) in [5, 5.41) is 4.26. The fourth-order valence-corrected chi connectivity index (χ4v) is 3.75. The minimum absolute atomic E-state index is 0.0256. The molecule has 1 aliphatic rings. The number of aromatic amines is 1. The minimum Gasteiger partial charge on any atom is -0.497 e. The quantitative estimate of drug-likeness (QED) is 0.658. The van der Waals surface area contributed by atoms with Crippen molar-refractivity contribution in [2.75, 3.05) is 20.3 Å². The number of fused-ring (bicyclic) bond motifs is 3. The Labute approximate surface area is 158 Å². The van der Waals surface area contributed by atoms with E-state index >= 15 is 0 Å². The fraction of sp³-hybridized carbons (Fsp3) is 0.318. The first-order valence-corrected chi connectivity index (χ1v) is 9.37. The Kier molecular flexibility index (Phi) is 5.01. The normalized spacial score (nSPS) is 16.0. The smallest absolute Gasteiger partial charge is 0.223 e. The molecule has 1 unspecified atom stereocenters. The largest absolute Gasteiger partial charge is 0.497 e. The van der Waals surface area contributed by atoms with Crippen molar-refractivity contribution >= 4 is 16.8 Å². The van der Waals surface area contributed by atoms with E-state index in [0.29, 0.717) is 13.2 Å². The summed E-state index contributed by atoms with van der Waals surface area (Å²) in [6, 6.07) is 15.8. The van der Waals surface area contributed by atoms with Gasteiger partial charge in [0.25, 0.3) is 0 Å². The number of benzene rings is 2. The zero-order valence-corrected chi connectivity index (χ0v) is 15.5. The molecule has 1 amide bonds. The minimum atomic E-state index is 0.0256. The van der Waals surface area contributed by atoms with Gasteiger partial charge < -0.3 is 19.8 Å². The van der Waals surface area contributed by atoms with Gasteiger partial charge in [-0.1, -0.05) is 18.2 Å². The average Bonchev–Trinajstić information content (AvgIpc) is 3.09. The molecule has 5 nitrogen and oxygen atoms in total. The Morgan fingerprint density at radius 1 is 1.15 bits per heavy atom. The van der Waals surface area contributed by atoms with Crippen molar-refractivity contribution in [3.05, 3.63) is 59.8 Å². The molecular weight excluding hydrogens is 340 g/mol. The monoisotopic (exact) mass is 364 g/mol. The number of hydrogen-bond acceptors (Lipinski definition) is 3. The van der Waals surface area contributed by atoms with Crippen LogP contribution in [0, 0.1) is 5.92 Å². The SMILES string of the molecule is COc1ccc(OCCNC(=O)C2CCc3[nH]c4ccccc4c3C2)cc1. The van der Waals surface area contributed by atoms with Crippen molar-refractivity contribution in [2.45, 2.75) is 19.3 Å². The van der Waals surface area contributed by atoms with Crippen molar-refractivity contribution in [3.63, 3.8) is 0 Å². The number of aryl methyl sites for hydroxylation is 1. The number of carbonyl (C=O) groups excluding carboxylic acids is 1. The third kappa shape index (κ3) is 3.77. The molecule has 4 rings (SSSR count). The molecule has 0 aliphatic heterocycles. The summed E-state index contributed by atoms with van der Waals surface area (Å²) in [6.45, 7) is 0.950. The predicted molar refractivity (Wildman–Crippen MR) is 105 cm³/mol. The topological polar surface area (TPSA) is 63.4 Å². The summed E-state index contributed by atoms with van der Waals surface area (Å²) >= 11 is 0. The number of methoxy groups -OCH3 is 1. The Morgan fingerprint density at radius 3 is 2.74 bits per heavy atom. The van der Waals surface area contributed by atoms with E-state index in [-0.39, 0.29) is 11.8 Å². The van der Waals surface area contributed by atoms with Crippen LogP contribution in [0.2, 0.25) is 0 Å². The summed E-state index contributed by atoms with van der Waals surface area (Å²) in [6.07, 6.45) is 2.60. The van der Waals surface area contributed by atoms with E-state index in [1.807, 2.05) is 30.3 Å². The van der Waals surface area contributed by atoms with Crippen LogP contribution in [0.4, 0.5) is 0 Å². The first-order chi connectivity index (χ1) is 13.2. The van der Waals surface area contributed by atoms with Crippen molar-refractivity contribution in [3.8, 4) is 11.5 Å². The molecule has 5 heteroatoms. The van der Waals surface area contributed by atoms with Crippen LogP contribution in [-0.4, -0.2) is 31.2 Å². The van der Waals surface area contributed by atoms with E-state index in [1.54, 1.807) is 7.11 Å². The summed E-state index contributed by atoms with van der Waals surface area (Å²) in [4.78, 5) is 16.1. The highest BCUT2D eigenvalue weighted by Crippen LogP contribution is 2.31. The highest BCUT2D eigenvalue weighted by atomic mass is 16.5. The van der Waals surface area contributed by atoms with E-state index in [0.717, 1.165) is 36.3 Å². The maximum Gasteiger partial charge on any atom is 0.223 e. The number of rotatable bonds is 6. The number of para-hydroxylation sites is 1. The van der Waals surface area contributed by atoms with E-state index in [9.17, 15) is 4.79 Å². The Balaban J connectivity index is 1.29. The van der Waals surface area contributed by atoms with Gasteiger partial charge in [-0.3, -0.25) is 4.79 Å². The zero-order valence-electron chi connectivity index (χ0n) is 15.5. The molecule has 140 valence electrons. The Hall–Kier alpha value is -2.95. The molecule has 1 heterocycles. The first-order valence-electron chi connectivity index (χ1n) is 9.37. The summed E-state index contributed by atoms with van der Waals surface area (Å²) in [5.74, 6) is 1.71. The highest BCUT2D eigenvalue weighted by molar-refractivity contribution is 5.87. The summed E-state index contributed by atoms with van der Waals surface area (Å²) < 4.78 is 10.8. The average molecular weight is 364 g/mol. The molecule has 0 saturated carbocycles. The Bertz CT molecular complexity index is 930. The van der Waals surface area contributed by atoms with Gasteiger partial charge in [-0.2, -0.15) is 0 Å². The van der Waals surface area contributed by atoms with Crippen LogP contribution in [0.1, 0.15) is 17.7 Å². The van der Waals surface area contributed by atoms with E-state index in [1.165, 1.54) is 16.6 Å². The maximum absolute atomic E-state index is 12.6. The highest BCUT2D eigenvalue weighted by Gasteiger charge is 2.27. The molecule has 2 N–H and O–H groups in total. The molecule has 1 atom stereocenters. The van der Waals surface area contributed by atoms with Crippen molar-refractivity contribution < 1.29 is 14.3 Å². The lowest BCUT2D eigenvalue weighted by Crippen LogP contribution is -2.36. The van der Waals surface area contributed by atoms with E-state index < -0.39 is 0 Å². The van der Waals surface area contributed by atoms with E-state index in [4.69, 9.17) is 9.47 Å². The standard InChI is InChI=1S/C22H24N2O3/c1-26-16-7-9-17(10-8-16)27-13-12-23-22(25)15-6-11-21-19(14-15)18-4-2-3-5-20(18)24-21/h2-5,7-10,15,24H,6,11-14H2,1H3,(H,23,25). The van der Waals surface area contributed by atoms with Gasteiger partial charge in [0.1, 0.15) is 18.1 Å². The number of amides is 1. The van der Waals surface area contributed by atoms with Crippen LogP contribution in [0.25, 0.3) is 10.9 Å². The molecule has 0 saturated heterocycles. The van der Waals surface area contributed by atoms with Crippen LogP contribution in [0.3, 0.4) is 0 Å². The van der Waals surface area contributed by atoms with Gasteiger partial charge in [0.05, 0.1) is 13.7 Å². The van der Waals surface area contributed by atoms with E-state index in [2.05, 4.69) is 28.5 Å². The number of aromatic nitrogens is 1. The van der Waals surface area contributed by atoms with Gasteiger partial charge in [0.2, 0.25) is 5.91 Å². The molecule has 0 bridgehead atoms. The summed E-state index contributed by atoms with van der Waals surface area (Å²) in [5.41, 5.74) is 3.74.